The van der Waals surface area contributed by atoms with Crippen LogP contribution in [0.25, 0.3) is 0 Å². The van der Waals surface area contributed by atoms with Crippen LogP contribution in [0.2, 0.25) is 0 Å². The second-order valence-corrected chi connectivity index (χ2v) is 11.2. The van der Waals surface area contributed by atoms with Crippen molar-refractivity contribution in [3.8, 4) is 0 Å². The van der Waals surface area contributed by atoms with E-state index < -0.39 is 15.6 Å². The Labute approximate surface area is 195 Å². The molecule has 180 valence electrons. The lowest BCUT2D eigenvalue weighted by Gasteiger charge is -2.34. The predicted octanol–water partition coefficient (Wildman–Crippen LogP) is 1.78. The molecule has 10 heteroatoms. The molecule has 4 amide bonds. The van der Waals surface area contributed by atoms with Gasteiger partial charge in [0.25, 0.3) is 5.91 Å². The Balaban J connectivity index is 1.27. The summed E-state index contributed by atoms with van der Waals surface area (Å²) in [6.07, 6.45) is 3.85. The van der Waals surface area contributed by atoms with Crippen LogP contribution >= 0.6 is 0 Å². The molecule has 0 aromatic heterocycles. The number of nitrogens with one attached hydrogen (secondary N) is 1. The molecule has 9 nitrogen and oxygen atoms in total. The van der Waals surface area contributed by atoms with Gasteiger partial charge in [-0.15, -0.1) is 0 Å². The second kappa shape index (κ2) is 9.06. The van der Waals surface area contributed by atoms with Gasteiger partial charge in [0.05, 0.1) is 4.90 Å². The summed E-state index contributed by atoms with van der Waals surface area (Å²) in [5.74, 6) is -0.246. The first kappa shape index (κ1) is 23.7. The molecule has 0 atom stereocenters. The number of imide groups is 1. The first-order valence-corrected chi connectivity index (χ1v) is 13.1. The van der Waals surface area contributed by atoms with Gasteiger partial charge in [0, 0.05) is 39.1 Å². The van der Waals surface area contributed by atoms with Crippen LogP contribution < -0.4 is 5.32 Å². The minimum atomic E-state index is -3.61. The van der Waals surface area contributed by atoms with Gasteiger partial charge in [-0.05, 0) is 50.3 Å². The van der Waals surface area contributed by atoms with Crippen molar-refractivity contribution in [2.24, 2.45) is 0 Å². The molecule has 1 N–H and O–H groups in total. The summed E-state index contributed by atoms with van der Waals surface area (Å²) >= 11 is 0. The molecule has 1 saturated carbocycles. The summed E-state index contributed by atoms with van der Waals surface area (Å²) in [5, 5.41) is 2.85. The quantitative estimate of drug-likeness (QED) is 0.630. The first-order chi connectivity index (χ1) is 15.6. The van der Waals surface area contributed by atoms with Gasteiger partial charge >= 0.3 is 6.03 Å². The van der Waals surface area contributed by atoms with Crippen molar-refractivity contribution >= 4 is 27.9 Å². The lowest BCUT2D eigenvalue weighted by atomic mass is 9.98. The van der Waals surface area contributed by atoms with Gasteiger partial charge in [-0.1, -0.05) is 25.0 Å². The molecule has 2 heterocycles. The summed E-state index contributed by atoms with van der Waals surface area (Å²) in [6, 6.07) is 5.02. The van der Waals surface area contributed by atoms with E-state index in [0.29, 0.717) is 42.8 Å². The highest BCUT2D eigenvalue weighted by molar-refractivity contribution is 7.89. The number of benzene rings is 1. The Morgan fingerprint density at radius 2 is 1.73 bits per heavy atom. The van der Waals surface area contributed by atoms with Crippen molar-refractivity contribution in [3.63, 3.8) is 0 Å². The number of carbonyl (C=O) groups is 3. The van der Waals surface area contributed by atoms with Crippen molar-refractivity contribution in [2.45, 2.75) is 62.8 Å². The number of hydrogen-bond donors (Lipinski definition) is 1. The molecule has 33 heavy (non-hydrogen) atoms. The van der Waals surface area contributed by atoms with E-state index in [2.05, 4.69) is 5.32 Å². The van der Waals surface area contributed by atoms with E-state index in [4.69, 9.17) is 0 Å². The number of aryl methyl sites for hydroxylation is 2. The minimum absolute atomic E-state index is 0.0820. The number of rotatable bonds is 6. The molecule has 0 unspecified atom stereocenters. The summed E-state index contributed by atoms with van der Waals surface area (Å²) < 4.78 is 27.6. The highest BCUT2D eigenvalue weighted by Gasteiger charge is 2.52. The fraction of sp³-hybridized carbons (Fsp3) is 0.609. The van der Waals surface area contributed by atoms with Crippen LogP contribution in [-0.4, -0.2) is 78.6 Å². The highest BCUT2D eigenvalue weighted by Crippen LogP contribution is 2.35. The van der Waals surface area contributed by atoms with E-state index in [1.165, 1.54) is 9.21 Å². The molecule has 1 spiro atoms. The summed E-state index contributed by atoms with van der Waals surface area (Å²) in [5.41, 5.74) is 0.870. The maximum atomic E-state index is 13.1. The van der Waals surface area contributed by atoms with E-state index in [-0.39, 0.29) is 43.9 Å². The topological polar surface area (TPSA) is 107 Å². The largest absolute Gasteiger partial charge is 0.340 e. The standard InChI is InChI=1S/C23H32N4O5S/c1-17-7-8-18(2)19(16-17)33(31,32)26-14-12-25(13-15-26)20(28)6-5-11-27-21(29)23(24-22(27)30)9-3-4-10-23/h7-8,16H,3-6,9-15H2,1-2H3,(H,24,30). The highest BCUT2D eigenvalue weighted by atomic mass is 32.2. The van der Waals surface area contributed by atoms with Crippen LogP contribution in [0.1, 0.15) is 49.7 Å². The maximum Gasteiger partial charge on any atom is 0.325 e. The van der Waals surface area contributed by atoms with E-state index in [1.807, 2.05) is 19.1 Å². The van der Waals surface area contributed by atoms with E-state index in [1.54, 1.807) is 17.9 Å². The van der Waals surface area contributed by atoms with Crippen LogP contribution in [0.5, 0.6) is 0 Å². The van der Waals surface area contributed by atoms with Crippen LogP contribution in [0.4, 0.5) is 4.79 Å². The fourth-order valence-electron chi connectivity index (χ4n) is 5.05. The second-order valence-electron chi connectivity index (χ2n) is 9.33. The van der Waals surface area contributed by atoms with Gasteiger partial charge in [-0.25, -0.2) is 13.2 Å². The SMILES string of the molecule is Cc1ccc(C)c(S(=O)(=O)N2CCN(C(=O)CCCN3C(=O)NC4(CCCC4)C3=O)CC2)c1. The monoisotopic (exact) mass is 476 g/mol. The summed E-state index contributed by atoms with van der Waals surface area (Å²) in [4.78, 5) is 40.8. The number of sulfonamides is 1. The molecule has 1 aromatic carbocycles. The zero-order valence-corrected chi connectivity index (χ0v) is 20.1. The molecule has 2 aliphatic heterocycles. The Bertz CT molecular complexity index is 1060. The van der Waals surface area contributed by atoms with E-state index in [0.717, 1.165) is 18.4 Å². The Morgan fingerprint density at radius 3 is 2.39 bits per heavy atom. The molecular formula is C23H32N4O5S. The van der Waals surface area contributed by atoms with Gasteiger partial charge in [-0.2, -0.15) is 4.31 Å². The Hall–Kier alpha value is -2.46. The van der Waals surface area contributed by atoms with Crippen LogP contribution in [0.3, 0.4) is 0 Å². The number of hydrogen-bond acceptors (Lipinski definition) is 5. The van der Waals surface area contributed by atoms with Crippen molar-refractivity contribution in [2.75, 3.05) is 32.7 Å². The zero-order chi connectivity index (χ0) is 23.8. The van der Waals surface area contributed by atoms with Crippen LogP contribution in [0.15, 0.2) is 23.1 Å². The number of nitrogens with zero attached hydrogens (tertiary/aromatic N) is 3. The Kier molecular flexibility index (Phi) is 6.50. The number of piperazine rings is 1. The molecule has 1 aromatic rings. The fourth-order valence-corrected chi connectivity index (χ4v) is 6.78. The minimum Gasteiger partial charge on any atom is -0.340 e. The average Bonchev–Trinajstić information content (AvgIpc) is 3.35. The van der Waals surface area contributed by atoms with Crippen LogP contribution in [0, 0.1) is 13.8 Å². The van der Waals surface area contributed by atoms with Crippen molar-refractivity contribution < 1.29 is 22.8 Å². The summed E-state index contributed by atoms with van der Waals surface area (Å²) in [7, 11) is -3.61. The molecule has 3 aliphatic rings. The number of amides is 4. The number of urea groups is 1. The lowest BCUT2D eigenvalue weighted by molar-refractivity contribution is -0.134. The predicted molar refractivity (Wildman–Crippen MR) is 122 cm³/mol. The third-order valence-electron chi connectivity index (χ3n) is 7.03. The molecule has 0 bridgehead atoms. The molecule has 4 rings (SSSR count). The molecule has 3 fully saturated rings. The average molecular weight is 477 g/mol. The smallest absolute Gasteiger partial charge is 0.325 e. The Morgan fingerprint density at radius 1 is 1.06 bits per heavy atom. The van der Waals surface area contributed by atoms with Gasteiger partial charge < -0.3 is 10.2 Å². The lowest BCUT2D eigenvalue weighted by Crippen LogP contribution is -2.50. The molecule has 1 aliphatic carbocycles. The van der Waals surface area contributed by atoms with Crippen molar-refractivity contribution in [1.82, 2.24) is 19.4 Å². The normalized spacial score (nSPS) is 21.2. The zero-order valence-electron chi connectivity index (χ0n) is 19.3. The van der Waals surface area contributed by atoms with Crippen molar-refractivity contribution in [3.05, 3.63) is 29.3 Å². The third-order valence-corrected chi connectivity index (χ3v) is 9.07. The van der Waals surface area contributed by atoms with Gasteiger partial charge in [0.2, 0.25) is 15.9 Å². The van der Waals surface area contributed by atoms with Crippen LogP contribution in [-0.2, 0) is 19.6 Å². The third kappa shape index (κ3) is 4.50. The molecule has 0 radical (unpaired) electrons. The number of carbonyl (C=O) groups excluding carboxylic acids is 3. The van der Waals surface area contributed by atoms with Gasteiger partial charge in [-0.3, -0.25) is 14.5 Å². The molecule has 2 saturated heterocycles. The van der Waals surface area contributed by atoms with Gasteiger partial charge in [0.1, 0.15) is 5.54 Å². The van der Waals surface area contributed by atoms with E-state index in [9.17, 15) is 22.8 Å². The maximum absolute atomic E-state index is 13.1. The van der Waals surface area contributed by atoms with E-state index >= 15 is 0 Å². The first-order valence-electron chi connectivity index (χ1n) is 11.6. The van der Waals surface area contributed by atoms with Gasteiger partial charge in [0.15, 0.2) is 0 Å². The summed E-state index contributed by atoms with van der Waals surface area (Å²) in [6.45, 7) is 5.02. The van der Waals surface area contributed by atoms with Crippen molar-refractivity contribution in [1.29, 1.82) is 0 Å². The molecular weight excluding hydrogens is 444 g/mol.